The lowest BCUT2D eigenvalue weighted by molar-refractivity contribution is -0.292. The number of rotatable bonds is 6. The molecule has 1 heterocycles. The van der Waals surface area contributed by atoms with Gasteiger partial charge in [-0.15, -0.1) is 0 Å². The van der Waals surface area contributed by atoms with Crippen molar-refractivity contribution in [2.24, 2.45) is 0 Å². The number of aliphatic hydroxyl groups is 3. The fraction of sp³-hybridized carbons (Fsp3) is 0.429. The van der Waals surface area contributed by atoms with Crippen molar-refractivity contribution in [1.29, 1.82) is 0 Å². The molecule has 152 valence electrons. The molecule has 0 bridgehead atoms. The normalized spacial score (nSPS) is 27.6. The second kappa shape index (κ2) is 9.22. The highest BCUT2D eigenvalue weighted by Gasteiger charge is 2.44. The summed E-state index contributed by atoms with van der Waals surface area (Å²) in [4.78, 5) is 0. The molecule has 3 rings (SSSR count). The Morgan fingerprint density at radius 2 is 1.71 bits per heavy atom. The van der Waals surface area contributed by atoms with Crippen LogP contribution in [0.25, 0.3) is 0 Å². The number of hydrogen-bond donors (Lipinski definition) is 3. The van der Waals surface area contributed by atoms with Crippen LogP contribution in [0.5, 0.6) is 5.75 Å². The Bertz CT molecular complexity index is 779. The van der Waals surface area contributed by atoms with Gasteiger partial charge in [0.25, 0.3) is 0 Å². The highest BCUT2D eigenvalue weighted by molar-refractivity contribution is 6.31. The molecule has 2 aromatic rings. The average molecular weight is 409 g/mol. The summed E-state index contributed by atoms with van der Waals surface area (Å²) in [7, 11) is 1.37. The number of hydrogen-bond acceptors (Lipinski definition) is 6. The number of ether oxygens (including phenoxy) is 3. The van der Waals surface area contributed by atoms with Crippen LogP contribution in [0.15, 0.2) is 42.5 Å². The molecule has 5 atom stereocenters. The van der Waals surface area contributed by atoms with Gasteiger partial charge in [-0.05, 0) is 48.2 Å². The summed E-state index contributed by atoms with van der Waals surface area (Å²) in [5, 5.41) is 31.0. The molecule has 0 aliphatic carbocycles. The summed E-state index contributed by atoms with van der Waals surface area (Å²) >= 11 is 6.37. The fourth-order valence-corrected chi connectivity index (χ4v) is 3.50. The molecule has 7 heteroatoms. The third kappa shape index (κ3) is 4.49. The van der Waals surface area contributed by atoms with Gasteiger partial charge in [-0.3, -0.25) is 0 Å². The monoisotopic (exact) mass is 408 g/mol. The van der Waals surface area contributed by atoms with E-state index in [2.05, 4.69) is 0 Å². The molecule has 1 aliphatic rings. The summed E-state index contributed by atoms with van der Waals surface area (Å²) in [6.07, 6.45) is -5.30. The van der Waals surface area contributed by atoms with Gasteiger partial charge in [-0.1, -0.05) is 35.9 Å². The minimum atomic E-state index is -1.38. The molecule has 1 unspecified atom stereocenters. The number of halogens is 1. The lowest BCUT2D eigenvalue weighted by Gasteiger charge is -2.40. The number of benzene rings is 2. The van der Waals surface area contributed by atoms with Crippen LogP contribution in [0.1, 0.15) is 29.7 Å². The Morgan fingerprint density at radius 3 is 2.36 bits per heavy atom. The van der Waals surface area contributed by atoms with Crippen molar-refractivity contribution >= 4 is 11.6 Å². The zero-order valence-electron chi connectivity index (χ0n) is 15.8. The van der Waals surface area contributed by atoms with E-state index in [4.69, 9.17) is 25.8 Å². The van der Waals surface area contributed by atoms with Crippen molar-refractivity contribution in [2.45, 2.75) is 44.1 Å². The van der Waals surface area contributed by atoms with Crippen LogP contribution in [-0.4, -0.2) is 53.6 Å². The first kappa shape index (κ1) is 21.0. The summed E-state index contributed by atoms with van der Waals surface area (Å²) < 4.78 is 16.2. The van der Waals surface area contributed by atoms with Crippen molar-refractivity contribution < 1.29 is 29.5 Å². The fourth-order valence-electron chi connectivity index (χ4n) is 3.32. The molecule has 28 heavy (non-hydrogen) atoms. The van der Waals surface area contributed by atoms with E-state index in [0.717, 1.165) is 16.9 Å². The molecule has 0 saturated carbocycles. The van der Waals surface area contributed by atoms with E-state index in [1.807, 2.05) is 37.3 Å². The van der Waals surface area contributed by atoms with Gasteiger partial charge in [0.05, 0.1) is 6.61 Å². The van der Waals surface area contributed by atoms with Crippen LogP contribution < -0.4 is 4.74 Å². The van der Waals surface area contributed by atoms with E-state index in [-0.39, 0.29) is 0 Å². The Hall–Kier alpha value is -1.67. The second-order valence-electron chi connectivity index (χ2n) is 6.74. The summed E-state index contributed by atoms with van der Waals surface area (Å²) in [6, 6.07) is 13.1. The maximum Gasteiger partial charge on any atom is 0.186 e. The van der Waals surface area contributed by atoms with Crippen molar-refractivity contribution in [3.63, 3.8) is 0 Å². The molecule has 1 saturated heterocycles. The van der Waals surface area contributed by atoms with E-state index in [0.29, 0.717) is 23.6 Å². The Morgan fingerprint density at radius 1 is 1.00 bits per heavy atom. The van der Waals surface area contributed by atoms with Crippen LogP contribution in [-0.2, 0) is 15.9 Å². The predicted octanol–water partition coefficient (Wildman–Crippen LogP) is 2.46. The molecule has 0 spiro atoms. The van der Waals surface area contributed by atoms with Crippen LogP contribution in [0, 0.1) is 0 Å². The largest absolute Gasteiger partial charge is 0.494 e. The van der Waals surface area contributed by atoms with E-state index < -0.39 is 30.7 Å². The predicted molar refractivity (Wildman–Crippen MR) is 105 cm³/mol. The minimum Gasteiger partial charge on any atom is -0.494 e. The van der Waals surface area contributed by atoms with Crippen molar-refractivity contribution in [2.75, 3.05) is 13.7 Å². The molecule has 1 fully saturated rings. The van der Waals surface area contributed by atoms with Gasteiger partial charge >= 0.3 is 0 Å². The maximum absolute atomic E-state index is 10.4. The molecule has 0 radical (unpaired) electrons. The van der Waals surface area contributed by atoms with Crippen LogP contribution in [0.3, 0.4) is 0 Å². The highest BCUT2D eigenvalue weighted by atomic mass is 35.5. The first-order valence-electron chi connectivity index (χ1n) is 9.17. The molecule has 0 amide bonds. The summed E-state index contributed by atoms with van der Waals surface area (Å²) in [6.45, 7) is 2.55. The Labute approximate surface area is 169 Å². The Balaban J connectivity index is 1.82. The van der Waals surface area contributed by atoms with Gasteiger partial charge in [0, 0.05) is 12.1 Å². The van der Waals surface area contributed by atoms with E-state index >= 15 is 0 Å². The third-order valence-electron chi connectivity index (χ3n) is 4.83. The molecular weight excluding hydrogens is 384 g/mol. The van der Waals surface area contributed by atoms with Gasteiger partial charge in [-0.2, -0.15) is 0 Å². The van der Waals surface area contributed by atoms with E-state index in [1.54, 1.807) is 12.1 Å². The third-order valence-corrected chi connectivity index (χ3v) is 5.20. The van der Waals surface area contributed by atoms with Crippen molar-refractivity contribution in [3.8, 4) is 5.75 Å². The van der Waals surface area contributed by atoms with Gasteiger partial charge in [0.1, 0.15) is 30.2 Å². The van der Waals surface area contributed by atoms with Gasteiger partial charge in [-0.25, -0.2) is 0 Å². The molecular formula is C21H25ClO6. The van der Waals surface area contributed by atoms with Crippen LogP contribution >= 0.6 is 11.6 Å². The lowest BCUT2D eigenvalue weighted by atomic mass is 9.92. The SMILES string of the molecule is CCOc1ccc(Cc2cc([C@H]3OC(OC)[C@H](O)[C@@H](O)[C@@H]3O)ccc2Cl)cc1. The zero-order chi connectivity index (χ0) is 20.3. The lowest BCUT2D eigenvalue weighted by Crippen LogP contribution is -2.54. The zero-order valence-corrected chi connectivity index (χ0v) is 16.5. The first-order valence-corrected chi connectivity index (χ1v) is 9.55. The minimum absolute atomic E-state index is 0.584. The molecule has 3 N–H and O–H groups in total. The highest BCUT2D eigenvalue weighted by Crippen LogP contribution is 2.34. The van der Waals surface area contributed by atoms with Gasteiger partial charge < -0.3 is 29.5 Å². The molecule has 0 aromatic heterocycles. The maximum atomic E-state index is 10.4. The van der Waals surface area contributed by atoms with Crippen LogP contribution in [0.2, 0.25) is 5.02 Å². The number of aliphatic hydroxyl groups excluding tert-OH is 3. The van der Waals surface area contributed by atoms with E-state index in [1.165, 1.54) is 7.11 Å². The van der Waals surface area contributed by atoms with Crippen molar-refractivity contribution in [3.05, 3.63) is 64.2 Å². The van der Waals surface area contributed by atoms with E-state index in [9.17, 15) is 15.3 Å². The quantitative estimate of drug-likeness (QED) is 0.680. The summed E-state index contributed by atoms with van der Waals surface area (Å²) in [5.74, 6) is 0.808. The smallest absolute Gasteiger partial charge is 0.186 e. The number of methoxy groups -OCH3 is 1. The topological polar surface area (TPSA) is 88.4 Å². The van der Waals surface area contributed by atoms with Crippen molar-refractivity contribution in [1.82, 2.24) is 0 Å². The Kier molecular flexibility index (Phi) is 6.93. The standard InChI is InChI=1S/C21H25ClO6/c1-3-27-15-7-4-12(5-8-15)10-14-11-13(6-9-16(14)22)20-18(24)17(23)19(25)21(26-2)28-20/h4-9,11,17-21,23-25H,3,10H2,1-2H3/t17-,18-,19+,20+,21?/m0/s1. The molecule has 1 aliphatic heterocycles. The molecule has 2 aromatic carbocycles. The first-order chi connectivity index (χ1) is 13.4. The summed E-state index contributed by atoms with van der Waals surface area (Å²) in [5.41, 5.74) is 2.55. The van der Waals surface area contributed by atoms with Crippen LogP contribution in [0.4, 0.5) is 0 Å². The molecule has 6 nitrogen and oxygen atoms in total. The van der Waals surface area contributed by atoms with Gasteiger partial charge in [0.2, 0.25) is 0 Å². The second-order valence-corrected chi connectivity index (χ2v) is 7.14. The van der Waals surface area contributed by atoms with Gasteiger partial charge in [0.15, 0.2) is 6.29 Å². The average Bonchev–Trinajstić information content (AvgIpc) is 2.70.